The molecule has 1 unspecified atom stereocenters. The van der Waals surface area contributed by atoms with Gasteiger partial charge in [0.15, 0.2) is 0 Å². The van der Waals surface area contributed by atoms with Crippen molar-refractivity contribution < 1.29 is 18.7 Å². The number of nitrogens with one attached hydrogen (secondary N) is 1. The third kappa shape index (κ3) is 7.04. The summed E-state index contributed by atoms with van der Waals surface area (Å²) >= 11 is 8.11. The molecular formula is C31H29ClFN3O3S. The summed E-state index contributed by atoms with van der Waals surface area (Å²) in [4.78, 5) is 18.9. The van der Waals surface area contributed by atoms with Crippen molar-refractivity contribution in [1.29, 1.82) is 0 Å². The van der Waals surface area contributed by atoms with E-state index in [9.17, 15) is 9.18 Å². The van der Waals surface area contributed by atoms with Crippen molar-refractivity contribution in [2.75, 3.05) is 18.4 Å². The standard InChI is InChI=1S/C31H29ClFN3O3S/c1-31(2,3)39-30(37)36-13-11-20(18-36)7-8-24-17-28-25(12-14-40-28)29(35-24)34-23-9-10-27(26(32)16-23)38-19-21-5-4-6-22(33)15-21/h4-6,9-10,12,14-17,20H,11,13,18-19H2,1-3H3,(H,34,35). The maximum Gasteiger partial charge on any atom is 0.410 e. The number of carbonyl (C=O) groups is 1. The van der Waals surface area contributed by atoms with E-state index in [1.165, 1.54) is 12.1 Å². The normalized spacial score (nSPS) is 15.0. The van der Waals surface area contributed by atoms with E-state index in [0.717, 1.165) is 27.8 Å². The summed E-state index contributed by atoms with van der Waals surface area (Å²) in [5.74, 6) is 7.44. The molecule has 1 aliphatic heterocycles. The molecule has 206 valence electrons. The lowest BCUT2D eigenvalue weighted by Crippen LogP contribution is -2.35. The summed E-state index contributed by atoms with van der Waals surface area (Å²) < 4.78 is 25.8. The smallest absolute Gasteiger partial charge is 0.410 e. The Morgan fingerprint density at radius 2 is 2.08 bits per heavy atom. The average Bonchev–Trinajstić information content (AvgIpc) is 3.56. The number of nitrogens with zero attached hydrogens (tertiary/aromatic N) is 2. The Labute approximate surface area is 242 Å². The Hall–Kier alpha value is -3.80. The molecule has 0 spiro atoms. The number of thiophene rings is 1. The lowest BCUT2D eigenvalue weighted by Gasteiger charge is -2.24. The lowest BCUT2D eigenvalue weighted by atomic mass is 10.1. The Morgan fingerprint density at radius 3 is 2.85 bits per heavy atom. The molecule has 1 fully saturated rings. The number of likely N-dealkylation sites (tertiary alicyclic amines) is 1. The maximum atomic E-state index is 13.4. The summed E-state index contributed by atoms with van der Waals surface area (Å²) in [5.41, 5.74) is 1.59. The highest BCUT2D eigenvalue weighted by molar-refractivity contribution is 7.17. The number of benzene rings is 2. The molecular weight excluding hydrogens is 549 g/mol. The quantitative estimate of drug-likeness (QED) is 0.243. The molecule has 40 heavy (non-hydrogen) atoms. The van der Waals surface area contributed by atoms with Crippen molar-refractivity contribution >= 4 is 50.6 Å². The van der Waals surface area contributed by atoms with Gasteiger partial charge in [0.05, 0.1) is 5.02 Å². The van der Waals surface area contributed by atoms with Gasteiger partial charge in [0.2, 0.25) is 0 Å². The highest BCUT2D eigenvalue weighted by Gasteiger charge is 2.28. The van der Waals surface area contributed by atoms with Gasteiger partial charge in [-0.3, -0.25) is 0 Å². The summed E-state index contributed by atoms with van der Waals surface area (Å²) in [6.07, 6.45) is 0.496. The Balaban J connectivity index is 1.28. The minimum absolute atomic E-state index is 0.0588. The molecule has 3 heterocycles. The van der Waals surface area contributed by atoms with E-state index in [1.54, 1.807) is 40.5 Å². The van der Waals surface area contributed by atoms with Gasteiger partial charge >= 0.3 is 6.09 Å². The van der Waals surface area contributed by atoms with E-state index < -0.39 is 5.60 Å². The van der Waals surface area contributed by atoms with Crippen molar-refractivity contribution in [2.24, 2.45) is 5.92 Å². The third-order valence-electron chi connectivity index (χ3n) is 6.17. The topological polar surface area (TPSA) is 63.7 Å². The van der Waals surface area contributed by atoms with Crippen LogP contribution in [0.25, 0.3) is 10.1 Å². The number of ether oxygens (including phenoxy) is 2. The zero-order valence-corrected chi connectivity index (χ0v) is 24.0. The van der Waals surface area contributed by atoms with Crippen LogP contribution in [0.4, 0.5) is 20.7 Å². The largest absolute Gasteiger partial charge is 0.487 e. The van der Waals surface area contributed by atoms with Crippen LogP contribution >= 0.6 is 22.9 Å². The van der Waals surface area contributed by atoms with Crippen molar-refractivity contribution in [2.45, 2.75) is 39.4 Å². The van der Waals surface area contributed by atoms with Gasteiger partial charge in [-0.05, 0) is 86.5 Å². The number of aromatic nitrogens is 1. The number of anilines is 2. The van der Waals surface area contributed by atoms with Crippen LogP contribution in [-0.2, 0) is 11.3 Å². The second kappa shape index (κ2) is 11.7. The van der Waals surface area contributed by atoms with E-state index in [2.05, 4.69) is 17.2 Å². The van der Waals surface area contributed by atoms with Gasteiger partial charge < -0.3 is 19.7 Å². The van der Waals surface area contributed by atoms with Gasteiger partial charge in [-0.25, -0.2) is 14.2 Å². The molecule has 1 aliphatic rings. The fourth-order valence-electron chi connectivity index (χ4n) is 4.29. The number of hydrogen-bond acceptors (Lipinski definition) is 6. The molecule has 0 bridgehead atoms. The molecule has 1 N–H and O–H groups in total. The van der Waals surface area contributed by atoms with Crippen LogP contribution < -0.4 is 10.1 Å². The van der Waals surface area contributed by atoms with Gasteiger partial charge in [0.1, 0.15) is 35.3 Å². The molecule has 9 heteroatoms. The minimum Gasteiger partial charge on any atom is -0.487 e. The van der Waals surface area contributed by atoms with Crippen LogP contribution in [0.2, 0.25) is 5.02 Å². The molecule has 1 saturated heterocycles. The van der Waals surface area contributed by atoms with E-state index in [1.807, 2.05) is 44.4 Å². The molecule has 4 aromatic rings. The van der Waals surface area contributed by atoms with Crippen LogP contribution in [0.5, 0.6) is 5.75 Å². The summed E-state index contributed by atoms with van der Waals surface area (Å²) in [6, 6.07) is 15.7. The van der Waals surface area contributed by atoms with Crippen LogP contribution in [0.1, 0.15) is 38.4 Å². The van der Waals surface area contributed by atoms with Crippen molar-refractivity contribution in [3.05, 3.63) is 82.1 Å². The Bertz CT molecular complexity index is 1600. The number of pyridine rings is 1. The molecule has 2 aromatic heterocycles. The van der Waals surface area contributed by atoms with Gasteiger partial charge in [-0.1, -0.05) is 29.7 Å². The van der Waals surface area contributed by atoms with Crippen LogP contribution in [0, 0.1) is 23.6 Å². The number of halogens is 2. The van der Waals surface area contributed by atoms with Crippen molar-refractivity contribution in [1.82, 2.24) is 9.88 Å². The predicted molar refractivity (Wildman–Crippen MR) is 158 cm³/mol. The average molecular weight is 578 g/mol. The SMILES string of the molecule is CC(C)(C)OC(=O)N1CCC(C#Cc2cc3sccc3c(Nc3ccc(OCc4cccc(F)c4)c(Cl)c3)n2)C1. The molecule has 6 nitrogen and oxygen atoms in total. The minimum atomic E-state index is -0.523. The zero-order chi connectivity index (χ0) is 28.3. The summed E-state index contributed by atoms with van der Waals surface area (Å²) in [7, 11) is 0. The molecule has 1 atom stereocenters. The van der Waals surface area contributed by atoms with Gasteiger partial charge in [0.25, 0.3) is 0 Å². The molecule has 0 radical (unpaired) electrons. The number of amides is 1. The van der Waals surface area contributed by atoms with E-state index in [0.29, 0.717) is 35.4 Å². The molecule has 0 saturated carbocycles. The second-order valence-corrected chi connectivity index (χ2v) is 11.9. The molecule has 5 rings (SSSR count). The highest BCUT2D eigenvalue weighted by Crippen LogP contribution is 2.33. The van der Waals surface area contributed by atoms with Crippen molar-refractivity contribution in [3.63, 3.8) is 0 Å². The number of hydrogen-bond donors (Lipinski definition) is 1. The van der Waals surface area contributed by atoms with Gasteiger partial charge in [-0.15, -0.1) is 11.3 Å². The first-order valence-electron chi connectivity index (χ1n) is 12.9. The van der Waals surface area contributed by atoms with E-state index in [4.69, 9.17) is 26.1 Å². The second-order valence-electron chi connectivity index (χ2n) is 10.6. The summed E-state index contributed by atoms with van der Waals surface area (Å²) in [5, 5.41) is 6.78. The third-order valence-corrected chi connectivity index (χ3v) is 7.33. The van der Waals surface area contributed by atoms with E-state index >= 15 is 0 Å². The van der Waals surface area contributed by atoms with Gasteiger partial charge in [-0.2, -0.15) is 0 Å². The first-order valence-corrected chi connectivity index (χ1v) is 14.2. The zero-order valence-electron chi connectivity index (χ0n) is 22.5. The Kier molecular flexibility index (Phi) is 8.15. The number of fused-ring (bicyclic) bond motifs is 1. The Morgan fingerprint density at radius 1 is 1.23 bits per heavy atom. The van der Waals surface area contributed by atoms with Crippen molar-refractivity contribution in [3.8, 4) is 17.6 Å². The lowest BCUT2D eigenvalue weighted by molar-refractivity contribution is 0.0291. The first-order chi connectivity index (χ1) is 19.1. The monoisotopic (exact) mass is 577 g/mol. The summed E-state index contributed by atoms with van der Waals surface area (Å²) in [6.45, 7) is 6.96. The maximum absolute atomic E-state index is 13.4. The highest BCUT2D eigenvalue weighted by atomic mass is 35.5. The van der Waals surface area contributed by atoms with Crippen LogP contribution in [-0.4, -0.2) is 34.7 Å². The van der Waals surface area contributed by atoms with Crippen LogP contribution in [0.3, 0.4) is 0 Å². The van der Waals surface area contributed by atoms with E-state index in [-0.39, 0.29) is 24.4 Å². The predicted octanol–water partition coefficient (Wildman–Crippen LogP) is 8.02. The fourth-order valence-corrected chi connectivity index (χ4v) is 5.35. The molecule has 1 amide bonds. The molecule has 0 aliphatic carbocycles. The first kappa shape index (κ1) is 27.8. The van der Waals surface area contributed by atoms with Gasteiger partial charge in [0, 0.05) is 34.8 Å². The number of rotatable bonds is 5. The molecule has 2 aromatic carbocycles. The van der Waals surface area contributed by atoms with Crippen LogP contribution in [0.15, 0.2) is 60.0 Å². The fraction of sp³-hybridized carbons (Fsp3) is 0.290. The number of carbonyl (C=O) groups excluding carboxylic acids is 1.